The summed E-state index contributed by atoms with van der Waals surface area (Å²) in [7, 11) is 0. The van der Waals surface area contributed by atoms with Crippen LogP contribution in [0.4, 0.5) is 0 Å². The number of rotatable bonds is 44. The van der Waals surface area contributed by atoms with Gasteiger partial charge in [-0.05, 0) is 83.5 Å². The summed E-state index contributed by atoms with van der Waals surface area (Å²) in [6.45, 7) is 6.40. The largest absolute Gasteiger partial charge is 0.462 e. The van der Waals surface area contributed by atoms with E-state index in [4.69, 9.17) is 14.2 Å². The molecule has 0 aliphatic carbocycles. The molecule has 340 valence electrons. The summed E-state index contributed by atoms with van der Waals surface area (Å²) < 4.78 is 16.6. The lowest BCUT2D eigenvalue weighted by atomic mass is 10.1. The number of unbranched alkanes of at least 4 members (excludes halogenated alkanes) is 24. The molecule has 1 atom stereocenters. The highest BCUT2D eigenvalue weighted by Crippen LogP contribution is 2.14. The molecule has 0 N–H and O–H groups in total. The van der Waals surface area contributed by atoms with Crippen molar-refractivity contribution >= 4 is 17.9 Å². The van der Waals surface area contributed by atoms with Crippen LogP contribution >= 0.6 is 0 Å². The molecule has 0 aromatic heterocycles. The first-order valence-electron chi connectivity index (χ1n) is 24.8. The van der Waals surface area contributed by atoms with Gasteiger partial charge in [0.15, 0.2) is 6.10 Å². The van der Waals surface area contributed by atoms with E-state index >= 15 is 0 Å². The summed E-state index contributed by atoms with van der Waals surface area (Å²) in [6.07, 6.45) is 58.1. The lowest BCUT2D eigenvalue weighted by molar-refractivity contribution is -0.166. The van der Waals surface area contributed by atoms with E-state index in [2.05, 4.69) is 69.4 Å². The van der Waals surface area contributed by atoms with Crippen molar-refractivity contribution in [2.75, 3.05) is 13.2 Å². The Hall–Kier alpha value is -2.89. The lowest BCUT2D eigenvalue weighted by Gasteiger charge is -2.18. The van der Waals surface area contributed by atoms with Crippen LogP contribution in [0.25, 0.3) is 0 Å². The maximum atomic E-state index is 12.7. The van der Waals surface area contributed by atoms with E-state index in [9.17, 15) is 14.4 Å². The Morgan fingerprint density at radius 2 is 0.729 bits per heavy atom. The normalized spacial score (nSPS) is 12.5. The fourth-order valence-corrected chi connectivity index (χ4v) is 6.79. The first-order valence-corrected chi connectivity index (χ1v) is 24.8. The minimum absolute atomic E-state index is 0.105. The molecule has 0 saturated carbocycles. The fourth-order valence-electron chi connectivity index (χ4n) is 6.79. The van der Waals surface area contributed by atoms with Gasteiger partial charge in [0.1, 0.15) is 13.2 Å². The van der Waals surface area contributed by atoms with Crippen molar-refractivity contribution in [3.8, 4) is 0 Å². The molecule has 0 aliphatic rings. The molecule has 0 rings (SSSR count). The van der Waals surface area contributed by atoms with Crippen LogP contribution in [0.1, 0.15) is 239 Å². The zero-order valence-corrected chi connectivity index (χ0v) is 38.8. The topological polar surface area (TPSA) is 78.9 Å². The maximum absolute atomic E-state index is 12.7. The van der Waals surface area contributed by atoms with E-state index in [0.717, 1.165) is 57.8 Å². The highest BCUT2D eigenvalue weighted by atomic mass is 16.6. The van der Waals surface area contributed by atoms with Crippen molar-refractivity contribution in [1.82, 2.24) is 0 Å². The molecule has 6 nitrogen and oxygen atoms in total. The Balaban J connectivity index is 4.38. The minimum atomic E-state index is -0.811. The van der Waals surface area contributed by atoms with E-state index in [1.54, 1.807) is 6.08 Å². The quantitative estimate of drug-likeness (QED) is 0.0263. The third kappa shape index (κ3) is 46.0. The molecule has 0 fully saturated rings. The standard InChI is InChI=1S/C53H92O6/c1-4-7-10-13-16-19-21-23-25-26-28-29-31-34-37-40-43-46-52(55)58-49-50(48-57-51(54)45-42-39-36-33-18-15-12-9-6-3)59-53(56)47-44-41-38-35-32-30-27-24-22-20-17-14-11-8-5-2/h9,12,18,20,22-23,25,33,39,42,50H,4-8,10-11,13-17,19,21,24,26-32,34-38,40-41,43-49H2,1-3H3/b12-9-,22-20-,25-23-,33-18-,42-39-. The molecule has 0 amide bonds. The number of ether oxygens (including phenoxy) is 3. The summed E-state index contributed by atoms with van der Waals surface area (Å²) in [4.78, 5) is 37.7. The first-order chi connectivity index (χ1) is 29.0. The summed E-state index contributed by atoms with van der Waals surface area (Å²) in [5.74, 6) is -1.04. The Morgan fingerprint density at radius 3 is 1.19 bits per heavy atom. The molecule has 0 aromatic rings. The number of carbonyl (C=O) groups excluding carboxylic acids is 3. The molecule has 0 bridgehead atoms. The van der Waals surface area contributed by atoms with Gasteiger partial charge < -0.3 is 14.2 Å². The van der Waals surface area contributed by atoms with Crippen LogP contribution in [0, 0.1) is 0 Å². The molecule has 0 heterocycles. The highest BCUT2D eigenvalue weighted by molar-refractivity contribution is 5.72. The van der Waals surface area contributed by atoms with Gasteiger partial charge in [0.25, 0.3) is 0 Å². The second kappa shape index (κ2) is 47.8. The summed E-state index contributed by atoms with van der Waals surface area (Å²) >= 11 is 0. The Bertz CT molecular complexity index is 1090. The number of hydrogen-bond acceptors (Lipinski definition) is 6. The van der Waals surface area contributed by atoms with Crippen LogP contribution in [0.5, 0.6) is 0 Å². The molecule has 0 aliphatic heterocycles. The SMILES string of the molecule is CC/C=C\C/C=C\C/C=C\CC(=O)OCC(COC(=O)CCCCCCCCC/C=C\CCCCCCCC)OC(=O)CCCCCCCCC/C=C\CCCCCC. The zero-order valence-electron chi connectivity index (χ0n) is 38.8. The molecule has 6 heteroatoms. The van der Waals surface area contributed by atoms with Crippen molar-refractivity contribution in [1.29, 1.82) is 0 Å². The summed E-state index contributed by atoms with van der Waals surface area (Å²) in [5.41, 5.74) is 0. The van der Waals surface area contributed by atoms with Crippen LogP contribution in [-0.2, 0) is 28.6 Å². The first kappa shape index (κ1) is 56.1. The van der Waals surface area contributed by atoms with Crippen molar-refractivity contribution in [2.24, 2.45) is 0 Å². The zero-order chi connectivity index (χ0) is 43.0. The molecule has 0 saturated heterocycles. The Labute approximate surface area is 364 Å². The van der Waals surface area contributed by atoms with Gasteiger partial charge >= 0.3 is 17.9 Å². The van der Waals surface area contributed by atoms with Crippen molar-refractivity contribution < 1.29 is 28.6 Å². The van der Waals surface area contributed by atoms with Gasteiger partial charge in [-0.15, -0.1) is 0 Å². The van der Waals surface area contributed by atoms with E-state index in [0.29, 0.717) is 12.8 Å². The molecule has 0 aromatic carbocycles. The molecule has 0 radical (unpaired) electrons. The van der Waals surface area contributed by atoms with Gasteiger partial charge in [0, 0.05) is 12.8 Å². The average molecular weight is 825 g/mol. The Kier molecular flexibility index (Phi) is 45.4. The second-order valence-corrected chi connectivity index (χ2v) is 16.4. The Morgan fingerprint density at radius 1 is 0.373 bits per heavy atom. The number of carbonyl (C=O) groups is 3. The van der Waals surface area contributed by atoms with Gasteiger partial charge in [-0.2, -0.15) is 0 Å². The lowest BCUT2D eigenvalue weighted by Crippen LogP contribution is -2.30. The van der Waals surface area contributed by atoms with E-state index < -0.39 is 12.1 Å². The smallest absolute Gasteiger partial charge is 0.309 e. The van der Waals surface area contributed by atoms with Crippen molar-refractivity contribution in [3.05, 3.63) is 60.8 Å². The summed E-state index contributed by atoms with van der Waals surface area (Å²) in [5, 5.41) is 0. The number of allylic oxidation sites excluding steroid dienone is 9. The monoisotopic (exact) mass is 825 g/mol. The molecule has 59 heavy (non-hydrogen) atoms. The fraction of sp³-hybridized carbons (Fsp3) is 0.755. The van der Waals surface area contributed by atoms with Gasteiger partial charge in [-0.1, -0.05) is 197 Å². The maximum Gasteiger partial charge on any atom is 0.309 e. The summed E-state index contributed by atoms with van der Waals surface area (Å²) in [6, 6.07) is 0. The van der Waals surface area contributed by atoms with Crippen LogP contribution < -0.4 is 0 Å². The molecular weight excluding hydrogens is 733 g/mol. The molecule has 0 spiro atoms. The van der Waals surface area contributed by atoms with Crippen molar-refractivity contribution in [3.63, 3.8) is 0 Å². The highest BCUT2D eigenvalue weighted by Gasteiger charge is 2.19. The van der Waals surface area contributed by atoms with Gasteiger partial charge in [0.2, 0.25) is 0 Å². The third-order valence-electron chi connectivity index (χ3n) is 10.5. The minimum Gasteiger partial charge on any atom is -0.462 e. The second-order valence-electron chi connectivity index (χ2n) is 16.4. The van der Waals surface area contributed by atoms with E-state index in [-0.39, 0.29) is 31.6 Å². The van der Waals surface area contributed by atoms with Gasteiger partial charge in [-0.25, -0.2) is 0 Å². The van der Waals surface area contributed by atoms with E-state index in [1.165, 1.54) is 141 Å². The predicted octanol–water partition coefficient (Wildman–Crippen LogP) is 16.1. The van der Waals surface area contributed by atoms with Crippen LogP contribution in [0.15, 0.2) is 60.8 Å². The van der Waals surface area contributed by atoms with Crippen LogP contribution in [-0.4, -0.2) is 37.2 Å². The third-order valence-corrected chi connectivity index (χ3v) is 10.5. The molecular formula is C53H92O6. The van der Waals surface area contributed by atoms with Crippen molar-refractivity contribution in [2.45, 2.75) is 245 Å². The van der Waals surface area contributed by atoms with Gasteiger partial charge in [0.05, 0.1) is 6.42 Å². The van der Waals surface area contributed by atoms with Crippen LogP contribution in [0.2, 0.25) is 0 Å². The van der Waals surface area contributed by atoms with Gasteiger partial charge in [-0.3, -0.25) is 14.4 Å². The number of esters is 3. The number of hydrogen-bond donors (Lipinski definition) is 0. The van der Waals surface area contributed by atoms with Crippen LogP contribution in [0.3, 0.4) is 0 Å². The predicted molar refractivity (Wildman–Crippen MR) is 251 cm³/mol. The average Bonchev–Trinajstić information content (AvgIpc) is 3.23. The molecule has 1 unspecified atom stereocenters. The van der Waals surface area contributed by atoms with E-state index in [1.807, 2.05) is 6.08 Å².